The summed E-state index contributed by atoms with van der Waals surface area (Å²) in [5, 5.41) is 12.0. The van der Waals surface area contributed by atoms with E-state index in [2.05, 4.69) is 46.5 Å². The Bertz CT molecular complexity index is 795. The number of nitrogens with one attached hydrogen (secondary N) is 1. The van der Waals surface area contributed by atoms with Gasteiger partial charge in [-0.05, 0) is 30.2 Å². The molecule has 1 radical (unpaired) electrons. The number of rotatable bonds is 4. The number of carboxylic acids is 1. The Morgan fingerprint density at radius 1 is 1.04 bits per heavy atom. The Labute approximate surface area is 147 Å². The summed E-state index contributed by atoms with van der Waals surface area (Å²) in [6.07, 6.45) is 1.23. The van der Waals surface area contributed by atoms with Crippen molar-refractivity contribution in [1.29, 1.82) is 0 Å². The van der Waals surface area contributed by atoms with Gasteiger partial charge >= 0.3 is 5.97 Å². The molecule has 1 heterocycles. The maximum Gasteiger partial charge on any atom is 0.333 e. The van der Waals surface area contributed by atoms with Gasteiger partial charge in [0.25, 0.3) is 0 Å². The van der Waals surface area contributed by atoms with Crippen molar-refractivity contribution in [2.45, 2.75) is 6.92 Å². The molecule has 3 aromatic rings. The SMILES string of the molecule is Cc1ccc(-c2ccc(Nc3nc[n-]c3C(=O)O)cc2)cc1.[Ir]. The number of carboxylic acid groups (broad SMARTS) is 1. The molecule has 0 saturated carbocycles. The standard InChI is InChI=1S/C17H15N3O2.Ir/c1-11-2-4-12(5-3-11)13-6-8-14(9-7-13)20-16-15(17(21)22)18-10-19-16;/h2-10,20H,1H3,(H2,18,19,21,22);/p-1. The fourth-order valence-electron chi connectivity index (χ4n) is 2.14. The first-order valence-electron chi connectivity index (χ1n) is 6.78. The number of hydrogen-bond donors (Lipinski definition) is 2. The summed E-state index contributed by atoms with van der Waals surface area (Å²) in [5.74, 6) is -0.855. The molecular formula is C17H14IrN3O2-. The zero-order chi connectivity index (χ0) is 15.5. The van der Waals surface area contributed by atoms with Crippen LogP contribution in [0.15, 0.2) is 54.9 Å². The Balaban J connectivity index is 0.00000192. The Morgan fingerprint density at radius 2 is 1.61 bits per heavy atom. The Kier molecular flexibility index (Phi) is 5.32. The molecule has 2 aromatic carbocycles. The van der Waals surface area contributed by atoms with E-state index in [-0.39, 0.29) is 31.6 Å². The topological polar surface area (TPSA) is 76.3 Å². The smallest absolute Gasteiger partial charge is 0.333 e. The molecule has 2 N–H and O–H groups in total. The summed E-state index contributed by atoms with van der Waals surface area (Å²) in [4.78, 5) is 18.6. The van der Waals surface area contributed by atoms with Gasteiger partial charge in [-0.1, -0.05) is 48.3 Å². The predicted octanol–water partition coefficient (Wildman–Crippen LogP) is 3.45. The summed E-state index contributed by atoms with van der Waals surface area (Å²) in [7, 11) is 0. The molecular weight excluding hydrogens is 470 g/mol. The number of nitrogens with zero attached hydrogens (tertiary/aromatic N) is 2. The van der Waals surface area contributed by atoms with Crippen LogP contribution < -0.4 is 10.3 Å². The first kappa shape index (κ1) is 16.9. The van der Waals surface area contributed by atoms with Crippen molar-refractivity contribution in [1.82, 2.24) is 9.97 Å². The molecule has 0 fully saturated rings. The average Bonchev–Trinajstić information content (AvgIpc) is 2.97. The molecule has 0 aliphatic rings. The number of aromatic nitrogens is 2. The van der Waals surface area contributed by atoms with Crippen molar-refractivity contribution in [3.63, 3.8) is 0 Å². The van der Waals surface area contributed by atoms with Crippen molar-refractivity contribution in [2.75, 3.05) is 5.32 Å². The predicted molar refractivity (Wildman–Crippen MR) is 84.4 cm³/mol. The van der Waals surface area contributed by atoms with E-state index < -0.39 is 5.97 Å². The Morgan fingerprint density at radius 3 is 2.17 bits per heavy atom. The molecule has 3 rings (SSSR count). The molecule has 0 atom stereocenters. The van der Waals surface area contributed by atoms with Crippen LogP contribution in [0.5, 0.6) is 0 Å². The van der Waals surface area contributed by atoms with Gasteiger partial charge in [-0.15, -0.1) is 0 Å². The van der Waals surface area contributed by atoms with Crippen molar-refractivity contribution < 1.29 is 30.0 Å². The zero-order valence-corrected chi connectivity index (χ0v) is 14.7. The van der Waals surface area contributed by atoms with Crippen LogP contribution in [0.4, 0.5) is 11.5 Å². The van der Waals surface area contributed by atoms with E-state index in [0.29, 0.717) is 0 Å². The van der Waals surface area contributed by atoms with E-state index >= 15 is 0 Å². The van der Waals surface area contributed by atoms with Gasteiger partial charge in [0.05, 0.1) is 5.69 Å². The number of anilines is 2. The van der Waals surface area contributed by atoms with E-state index in [0.717, 1.165) is 16.8 Å². The van der Waals surface area contributed by atoms with Crippen LogP contribution in [0.1, 0.15) is 16.1 Å². The van der Waals surface area contributed by atoms with Gasteiger partial charge in [0.2, 0.25) is 0 Å². The number of carbonyl (C=O) groups is 1. The van der Waals surface area contributed by atoms with Gasteiger partial charge in [0, 0.05) is 31.6 Å². The molecule has 0 aliphatic carbocycles. The maximum atomic E-state index is 11.0. The average molecular weight is 485 g/mol. The molecule has 0 saturated heterocycles. The quantitative estimate of drug-likeness (QED) is 0.593. The summed E-state index contributed by atoms with van der Waals surface area (Å²) < 4.78 is 0. The number of imidazole rings is 1. The van der Waals surface area contributed by atoms with Gasteiger partial charge in [-0.25, -0.2) is 4.79 Å². The molecule has 0 aliphatic heterocycles. The minimum atomic E-state index is -1.10. The van der Waals surface area contributed by atoms with Gasteiger partial charge in [-0.3, -0.25) is 0 Å². The molecule has 0 bridgehead atoms. The number of aryl methyl sites for hydroxylation is 1. The van der Waals surface area contributed by atoms with E-state index in [1.807, 2.05) is 24.3 Å². The van der Waals surface area contributed by atoms with E-state index in [9.17, 15) is 4.79 Å². The second-order valence-electron chi connectivity index (χ2n) is 4.94. The van der Waals surface area contributed by atoms with Crippen molar-refractivity contribution in [3.05, 3.63) is 66.1 Å². The largest absolute Gasteiger partial charge is 0.478 e. The number of hydrogen-bond acceptors (Lipinski definition) is 3. The normalized spacial score (nSPS) is 9.96. The van der Waals surface area contributed by atoms with Gasteiger partial charge in [-0.2, -0.15) is 0 Å². The van der Waals surface area contributed by atoms with Crippen LogP contribution in [0.2, 0.25) is 0 Å². The first-order chi connectivity index (χ1) is 10.6. The summed E-state index contributed by atoms with van der Waals surface area (Å²) >= 11 is 0. The van der Waals surface area contributed by atoms with E-state index in [1.54, 1.807) is 0 Å². The minimum Gasteiger partial charge on any atom is -0.478 e. The second-order valence-corrected chi connectivity index (χ2v) is 4.94. The minimum absolute atomic E-state index is 0. The van der Waals surface area contributed by atoms with Gasteiger partial charge < -0.3 is 20.4 Å². The summed E-state index contributed by atoms with van der Waals surface area (Å²) in [6.45, 7) is 2.05. The molecule has 0 amide bonds. The van der Waals surface area contributed by atoms with E-state index in [1.165, 1.54) is 11.9 Å². The van der Waals surface area contributed by atoms with Crippen LogP contribution in [-0.2, 0) is 20.1 Å². The van der Waals surface area contributed by atoms with Crippen LogP contribution in [0, 0.1) is 6.92 Å². The van der Waals surface area contributed by atoms with Gasteiger partial charge in [0.15, 0.2) is 0 Å². The molecule has 6 heteroatoms. The Hall–Kier alpha value is -2.43. The van der Waals surface area contributed by atoms with Crippen molar-refractivity contribution in [2.24, 2.45) is 0 Å². The maximum absolute atomic E-state index is 11.0. The van der Waals surface area contributed by atoms with E-state index in [4.69, 9.17) is 5.11 Å². The first-order valence-corrected chi connectivity index (χ1v) is 6.78. The molecule has 23 heavy (non-hydrogen) atoms. The number of benzene rings is 2. The fourth-order valence-corrected chi connectivity index (χ4v) is 2.14. The van der Waals surface area contributed by atoms with Crippen molar-refractivity contribution in [3.8, 4) is 11.1 Å². The van der Waals surface area contributed by atoms with Gasteiger partial charge in [0.1, 0.15) is 0 Å². The van der Waals surface area contributed by atoms with Crippen LogP contribution in [-0.4, -0.2) is 16.1 Å². The van der Waals surface area contributed by atoms with Crippen LogP contribution >= 0.6 is 0 Å². The van der Waals surface area contributed by atoms with Crippen LogP contribution in [0.25, 0.3) is 11.1 Å². The third kappa shape index (κ3) is 3.86. The molecule has 119 valence electrons. The fraction of sp³-hybridized carbons (Fsp3) is 0.0588. The monoisotopic (exact) mass is 485 g/mol. The number of aromatic carboxylic acids is 1. The summed E-state index contributed by atoms with van der Waals surface area (Å²) in [5.41, 5.74) is 4.13. The molecule has 1 aromatic heterocycles. The third-order valence-corrected chi connectivity index (χ3v) is 3.33. The third-order valence-electron chi connectivity index (χ3n) is 3.33. The second kappa shape index (κ2) is 7.22. The van der Waals surface area contributed by atoms with Crippen molar-refractivity contribution >= 4 is 17.5 Å². The summed E-state index contributed by atoms with van der Waals surface area (Å²) in [6, 6.07) is 16.0. The molecule has 5 nitrogen and oxygen atoms in total. The molecule has 0 spiro atoms. The molecule has 0 unspecified atom stereocenters. The van der Waals surface area contributed by atoms with Crippen LogP contribution in [0.3, 0.4) is 0 Å². The zero-order valence-electron chi connectivity index (χ0n) is 12.3.